The van der Waals surface area contributed by atoms with E-state index in [1.54, 1.807) is 48.5 Å². The summed E-state index contributed by atoms with van der Waals surface area (Å²) in [5.41, 5.74) is 0.786. The third-order valence-electron chi connectivity index (χ3n) is 3.80. The molecule has 0 N–H and O–H groups in total. The Morgan fingerprint density at radius 2 is 1.64 bits per heavy atom. The summed E-state index contributed by atoms with van der Waals surface area (Å²) < 4.78 is 15.9. The molecule has 25 heavy (non-hydrogen) atoms. The lowest BCUT2D eigenvalue weighted by Crippen LogP contribution is -2.17. The van der Waals surface area contributed by atoms with E-state index in [0.29, 0.717) is 21.9 Å². The van der Waals surface area contributed by atoms with Crippen molar-refractivity contribution >= 4 is 23.5 Å². The molecule has 0 bridgehead atoms. The molecular formula is C19H17ClO5. The number of hydrogen-bond acceptors (Lipinski definition) is 5. The summed E-state index contributed by atoms with van der Waals surface area (Å²) >= 11 is 5.79. The summed E-state index contributed by atoms with van der Waals surface area (Å²) in [6.07, 6.45) is 1.89. The third kappa shape index (κ3) is 4.81. The molecule has 5 nitrogen and oxygen atoms in total. The first-order valence-corrected chi connectivity index (χ1v) is 8.36. The molecule has 1 heterocycles. The maximum absolute atomic E-state index is 12.0. The summed E-state index contributed by atoms with van der Waals surface area (Å²) in [6.45, 7) is 0.974. The second-order valence-electron chi connectivity index (χ2n) is 5.65. The van der Waals surface area contributed by atoms with Crippen LogP contribution in [-0.4, -0.2) is 31.3 Å². The Hall–Kier alpha value is -2.37. The first-order valence-electron chi connectivity index (χ1n) is 7.98. The van der Waals surface area contributed by atoms with E-state index in [0.717, 1.165) is 19.4 Å². The topological polar surface area (TPSA) is 61.8 Å². The summed E-state index contributed by atoms with van der Waals surface area (Å²) in [5.74, 6) is -0.577. The number of esters is 2. The monoisotopic (exact) mass is 360 g/mol. The van der Waals surface area contributed by atoms with E-state index in [4.69, 9.17) is 25.8 Å². The first-order chi connectivity index (χ1) is 12.1. The standard InChI is InChI=1S/C19H17ClO5/c20-15-7-3-14(4-8-15)19(22)25-16-9-5-13(6-10-16)18(21)24-12-17-2-1-11-23-17/h3-10,17H,1-2,11-12H2. The Morgan fingerprint density at radius 1 is 1.00 bits per heavy atom. The van der Waals surface area contributed by atoms with Gasteiger partial charge in [0.25, 0.3) is 0 Å². The predicted octanol–water partition coefficient (Wildman–Crippen LogP) is 3.90. The Kier molecular flexibility index (Phi) is 5.68. The van der Waals surface area contributed by atoms with Gasteiger partial charge in [0, 0.05) is 11.6 Å². The minimum Gasteiger partial charge on any atom is -0.459 e. The molecule has 2 aromatic rings. The van der Waals surface area contributed by atoms with Crippen LogP contribution in [0.25, 0.3) is 0 Å². The van der Waals surface area contributed by atoms with Crippen LogP contribution in [0.2, 0.25) is 5.02 Å². The fraction of sp³-hybridized carbons (Fsp3) is 0.263. The van der Waals surface area contributed by atoms with Crippen LogP contribution in [0.4, 0.5) is 0 Å². The zero-order valence-electron chi connectivity index (χ0n) is 13.4. The van der Waals surface area contributed by atoms with Crippen LogP contribution in [0, 0.1) is 0 Å². The summed E-state index contributed by atoms with van der Waals surface area (Å²) in [4.78, 5) is 24.0. The van der Waals surface area contributed by atoms with E-state index >= 15 is 0 Å². The number of benzene rings is 2. The molecule has 1 saturated heterocycles. The van der Waals surface area contributed by atoms with Crippen molar-refractivity contribution < 1.29 is 23.8 Å². The minimum absolute atomic E-state index is 0.0106. The molecule has 2 aromatic carbocycles. The molecule has 6 heteroatoms. The van der Waals surface area contributed by atoms with Crippen molar-refractivity contribution in [3.05, 3.63) is 64.7 Å². The second kappa shape index (κ2) is 8.14. The average molecular weight is 361 g/mol. The molecule has 1 aliphatic rings. The van der Waals surface area contributed by atoms with Crippen LogP contribution in [-0.2, 0) is 9.47 Å². The predicted molar refractivity (Wildman–Crippen MR) is 92.1 cm³/mol. The van der Waals surface area contributed by atoms with Crippen LogP contribution in [0.5, 0.6) is 5.75 Å². The molecule has 0 aliphatic carbocycles. The smallest absolute Gasteiger partial charge is 0.343 e. The van der Waals surface area contributed by atoms with Gasteiger partial charge in [-0.15, -0.1) is 0 Å². The molecule has 0 amide bonds. The minimum atomic E-state index is -0.495. The van der Waals surface area contributed by atoms with Crippen LogP contribution in [0.3, 0.4) is 0 Å². The zero-order chi connectivity index (χ0) is 17.6. The fourth-order valence-corrected chi connectivity index (χ4v) is 2.56. The maximum atomic E-state index is 12.0. The molecule has 1 atom stereocenters. The highest BCUT2D eigenvalue weighted by Gasteiger charge is 2.18. The van der Waals surface area contributed by atoms with Gasteiger partial charge in [-0.05, 0) is 61.4 Å². The summed E-state index contributed by atoms with van der Waals surface area (Å²) in [6, 6.07) is 12.6. The normalized spacial score (nSPS) is 16.4. The third-order valence-corrected chi connectivity index (χ3v) is 4.06. The SMILES string of the molecule is O=C(OCC1CCCO1)c1ccc(OC(=O)c2ccc(Cl)cc2)cc1. The van der Waals surface area contributed by atoms with Gasteiger partial charge in [0.1, 0.15) is 12.4 Å². The number of carbonyl (C=O) groups is 2. The molecule has 1 unspecified atom stereocenters. The van der Waals surface area contributed by atoms with E-state index in [-0.39, 0.29) is 12.7 Å². The number of carbonyl (C=O) groups excluding carboxylic acids is 2. The highest BCUT2D eigenvalue weighted by Crippen LogP contribution is 2.17. The van der Waals surface area contributed by atoms with Crippen LogP contribution < -0.4 is 4.74 Å². The molecule has 0 spiro atoms. The van der Waals surface area contributed by atoms with Gasteiger partial charge in [0.05, 0.1) is 17.2 Å². The molecule has 0 saturated carbocycles. The molecule has 1 aliphatic heterocycles. The van der Waals surface area contributed by atoms with Gasteiger partial charge >= 0.3 is 11.9 Å². The van der Waals surface area contributed by atoms with Crippen molar-refractivity contribution in [2.45, 2.75) is 18.9 Å². The molecule has 0 radical (unpaired) electrons. The van der Waals surface area contributed by atoms with Crippen LogP contribution in [0.1, 0.15) is 33.6 Å². The quantitative estimate of drug-likeness (QED) is 0.598. The summed E-state index contributed by atoms with van der Waals surface area (Å²) in [7, 11) is 0. The van der Waals surface area contributed by atoms with Gasteiger partial charge in [-0.1, -0.05) is 11.6 Å². The van der Waals surface area contributed by atoms with Crippen molar-refractivity contribution in [3.8, 4) is 5.75 Å². The van der Waals surface area contributed by atoms with Crippen molar-refractivity contribution in [2.75, 3.05) is 13.2 Å². The molecule has 130 valence electrons. The van der Waals surface area contributed by atoms with E-state index in [2.05, 4.69) is 0 Å². The molecule has 1 fully saturated rings. The van der Waals surface area contributed by atoms with Crippen molar-refractivity contribution in [1.29, 1.82) is 0 Å². The lowest BCUT2D eigenvalue weighted by atomic mass is 10.2. The average Bonchev–Trinajstić information content (AvgIpc) is 3.14. The highest BCUT2D eigenvalue weighted by atomic mass is 35.5. The number of rotatable bonds is 5. The summed E-state index contributed by atoms with van der Waals surface area (Å²) in [5, 5.41) is 0.544. The Labute approximate surface area is 150 Å². The van der Waals surface area contributed by atoms with Crippen molar-refractivity contribution in [3.63, 3.8) is 0 Å². The molecule has 3 rings (SSSR count). The lowest BCUT2D eigenvalue weighted by Gasteiger charge is -2.10. The van der Waals surface area contributed by atoms with E-state index in [9.17, 15) is 9.59 Å². The number of ether oxygens (including phenoxy) is 3. The van der Waals surface area contributed by atoms with Gasteiger partial charge in [0.2, 0.25) is 0 Å². The van der Waals surface area contributed by atoms with Gasteiger partial charge in [-0.2, -0.15) is 0 Å². The van der Waals surface area contributed by atoms with Gasteiger partial charge in [-0.25, -0.2) is 9.59 Å². The Bertz CT molecular complexity index is 733. The largest absolute Gasteiger partial charge is 0.459 e. The van der Waals surface area contributed by atoms with E-state index in [1.807, 2.05) is 0 Å². The maximum Gasteiger partial charge on any atom is 0.343 e. The fourth-order valence-electron chi connectivity index (χ4n) is 2.44. The van der Waals surface area contributed by atoms with E-state index in [1.165, 1.54) is 0 Å². The first kappa shape index (κ1) is 17.5. The van der Waals surface area contributed by atoms with Crippen LogP contribution in [0.15, 0.2) is 48.5 Å². The lowest BCUT2D eigenvalue weighted by molar-refractivity contribution is 0.0161. The van der Waals surface area contributed by atoms with Gasteiger partial charge in [0.15, 0.2) is 0 Å². The van der Waals surface area contributed by atoms with Crippen molar-refractivity contribution in [1.82, 2.24) is 0 Å². The number of hydrogen-bond donors (Lipinski definition) is 0. The highest BCUT2D eigenvalue weighted by molar-refractivity contribution is 6.30. The zero-order valence-corrected chi connectivity index (χ0v) is 14.2. The van der Waals surface area contributed by atoms with Crippen LogP contribution >= 0.6 is 11.6 Å². The Balaban J connectivity index is 1.55. The molecule has 0 aromatic heterocycles. The molecular weight excluding hydrogens is 344 g/mol. The van der Waals surface area contributed by atoms with Crippen molar-refractivity contribution in [2.24, 2.45) is 0 Å². The van der Waals surface area contributed by atoms with Gasteiger partial charge in [-0.3, -0.25) is 0 Å². The van der Waals surface area contributed by atoms with E-state index < -0.39 is 11.9 Å². The number of halogens is 1. The Morgan fingerprint density at radius 3 is 2.28 bits per heavy atom. The van der Waals surface area contributed by atoms with Gasteiger partial charge < -0.3 is 14.2 Å². The second-order valence-corrected chi connectivity index (χ2v) is 6.09.